The van der Waals surface area contributed by atoms with E-state index in [0.717, 1.165) is 22.7 Å². The smallest absolute Gasteiger partial charge is 0.340 e. The predicted octanol–water partition coefficient (Wildman–Crippen LogP) is 4.60. The number of hydrogen-bond donors (Lipinski definition) is 2. The molecular formula is C17H28N2O2S2. The monoisotopic (exact) mass is 356 g/mol. The van der Waals surface area contributed by atoms with Crippen LogP contribution >= 0.6 is 23.6 Å². The van der Waals surface area contributed by atoms with Crippen molar-refractivity contribution < 1.29 is 9.53 Å². The summed E-state index contributed by atoms with van der Waals surface area (Å²) in [6, 6.07) is 1.86. The number of nitrogens with one attached hydrogen (secondary N) is 2. The standard InChI is InChI=1S/C17H28N2O2S2/c1-8-11-9-12(14(20)21-7)13(23-11)18-15(22)19-17(5,6)10-16(2,3)4/h9H,8,10H2,1-7H3,(H2,18,19,22). The van der Waals surface area contributed by atoms with Crippen molar-refractivity contribution in [2.45, 2.75) is 59.9 Å². The first-order chi connectivity index (χ1) is 10.5. The Morgan fingerprint density at radius 3 is 2.39 bits per heavy atom. The van der Waals surface area contributed by atoms with Crippen LogP contribution in [0, 0.1) is 5.41 Å². The van der Waals surface area contributed by atoms with Crippen LogP contribution in [0.4, 0.5) is 5.00 Å². The fraction of sp³-hybridized carbons (Fsp3) is 0.647. The summed E-state index contributed by atoms with van der Waals surface area (Å²) >= 11 is 6.96. The Balaban J connectivity index is 2.85. The van der Waals surface area contributed by atoms with Gasteiger partial charge in [-0.05, 0) is 50.4 Å². The van der Waals surface area contributed by atoms with Crippen molar-refractivity contribution in [2.75, 3.05) is 12.4 Å². The van der Waals surface area contributed by atoms with Crippen molar-refractivity contribution in [2.24, 2.45) is 5.41 Å². The molecule has 0 aliphatic carbocycles. The zero-order chi connectivity index (χ0) is 17.8. The van der Waals surface area contributed by atoms with Crippen LogP contribution in [0.15, 0.2) is 6.07 Å². The summed E-state index contributed by atoms with van der Waals surface area (Å²) in [6.45, 7) is 12.9. The zero-order valence-corrected chi connectivity index (χ0v) is 16.8. The Bertz CT molecular complexity index is 572. The van der Waals surface area contributed by atoms with Crippen LogP contribution in [0.5, 0.6) is 0 Å². The first-order valence-corrected chi connectivity index (χ1v) is 9.00. The fourth-order valence-electron chi connectivity index (χ4n) is 2.78. The van der Waals surface area contributed by atoms with E-state index in [0.29, 0.717) is 10.7 Å². The van der Waals surface area contributed by atoms with Gasteiger partial charge in [-0.25, -0.2) is 4.79 Å². The summed E-state index contributed by atoms with van der Waals surface area (Å²) in [7, 11) is 1.39. The Morgan fingerprint density at radius 2 is 1.91 bits per heavy atom. The minimum atomic E-state index is -0.347. The van der Waals surface area contributed by atoms with E-state index in [4.69, 9.17) is 17.0 Å². The molecule has 0 aromatic carbocycles. The third-order valence-corrected chi connectivity index (χ3v) is 4.59. The van der Waals surface area contributed by atoms with E-state index >= 15 is 0 Å². The van der Waals surface area contributed by atoms with Crippen molar-refractivity contribution in [3.8, 4) is 0 Å². The van der Waals surface area contributed by atoms with Gasteiger partial charge in [0.25, 0.3) is 0 Å². The lowest BCUT2D eigenvalue weighted by atomic mass is 9.82. The lowest BCUT2D eigenvalue weighted by Gasteiger charge is -2.34. The number of methoxy groups -OCH3 is 1. The van der Waals surface area contributed by atoms with Gasteiger partial charge in [0.05, 0.1) is 12.7 Å². The van der Waals surface area contributed by atoms with Crippen LogP contribution in [0.2, 0.25) is 0 Å². The van der Waals surface area contributed by atoms with Gasteiger partial charge in [0.15, 0.2) is 5.11 Å². The highest BCUT2D eigenvalue weighted by Gasteiger charge is 2.26. The van der Waals surface area contributed by atoms with E-state index in [1.807, 2.05) is 6.07 Å². The molecule has 0 unspecified atom stereocenters. The molecule has 1 aromatic rings. The number of rotatable bonds is 5. The van der Waals surface area contributed by atoms with Crippen molar-refractivity contribution >= 4 is 39.6 Å². The Morgan fingerprint density at radius 1 is 1.30 bits per heavy atom. The van der Waals surface area contributed by atoms with Crippen LogP contribution < -0.4 is 10.6 Å². The quantitative estimate of drug-likeness (QED) is 0.596. The molecule has 6 heteroatoms. The van der Waals surface area contributed by atoms with E-state index in [1.54, 1.807) is 0 Å². The Labute approximate surface area is 149 Å². The SMILES string of the molecule is CCc1cc(C(=O)OC)c(NC(=S)NC(C)(C)CC(C)(C)C)s1. The molecule has 2 N–H and O–H groups in total. The zero-order valence-electron chi connectivity index (χ0n) is 15.1. The molecule has 23 heavy (non-hydrogen) atoms. The maximum atomic E-state index is 11.9. The summed E-state index contributed by atoms with van der Waals surface area (Å²) in [5, 5.41) is 7.76. The summed E-state index contributed by atoms with van der Waals surface area (Å²) in [5.41, 5.74) is 0.590. The fourth-order valence-corrected chi connectivity index (χ4v) is 4.21. The topological polar surface area (TPSA) is 50.4 Å². The second-order valence-electron chi connectivity index (χ2n) is 7.50. The van der Waals surface area contributed by atoms with Crippen molar-refractivity contribution in [3.63, 3.8) is 0 Å². The van der Waals surface area contributed by atoms with Gasteiger partial charge >= 0.3 is 5.97 Å². The molecule has 0 bridgehead atoms. The lowest BCUT2D eigenvalue weighted by Crippen LogP contribution is -2.47. The van der Waals surface area contributed by atoms with Crippen molar-refractivity contribution in [3.05, 3.63) is 16.5 Å². The minimum Gasteiger partial charge on any atom is -0.465 e. The van der Waals surface area contributed by atoms with Crippen molar-refractivity contribution in [1.29, 1.82) is 0 Å². The van der Waals surface area contributed by atoms with E-state index in [9.17, 15) is 4.79 Å². The van der Waals surface area contributed by atoms with E-state index in [1.165, 1.54) is 18.4 Å². The number of esters is 1. The number of ether oxygens (including phenoxy) is 1. The van der Waals surface area contributed by atoms with Gasteiger partial charge < -0.3 is 15.4 Å². The molecule has 0 radical (unpaired) electrons. The van der Waals surface area contributed by atoms with E-state index in [2.05, 4.69) is 52.2 Å². The molecular weight excluding hydrogens is 328 g/mol. The van der Waals surface area contributed by atoms with E-state index < -0.39 is 0 Å². The molecule has 0 saturated heterocycles. The first kappa shape index (κ1) is 19.9. The molecule has 1 rings (SSSR count). The molecule has 0 atom stereocenters. The molecule has 0 aliphatic heterocycles. The third kappa shape index (κ3) is 6.47. The van der Waals surface area contributed by atoms with Gasteiger partial charge in [-0.15, -0.1) is 11.3 Å². The summed E-state index contributed by atoms with van der Waals surface area (Å²) in [6.07, 6.45) is 1.84. The van der Waals surface area contributed by atoms with Crippen LogP contribution in [0.25, 0.3) is 0 Å². The van der Waals surface area contributed by atoms with Crippen molar-refractivity contribution in [1.82, 2.24) is 5.32 Å². The van der Waals surface area contributed by atoms with Crippen LogP contribution in [0.3, 0.4) is 0 Å². The van der Waals surface area contributed by atoms with Crippen LogP contribution in [-0.2, 0) is 11.2 Å². The predicted molar refractivity (Wildman–Crippen MR) is 103 cm³/mol. The van der Waals surface area contributed by atoms with Crippen LogP contribution in [-0.4, -0.2) is 23.7 Å². The molecule has 0 spiro atoms. The number of carbonyl (C=O) groups excluding carboxylic acids is 1. The summed E-state index contributed by atoms with van der Waals surface area (Å²) in [5.74, 6) is -0.347. The maximum absolute atomic E-state index is 11.9. The number of hydrogen-bond acceptors (Lipinski definition) is 4. The number of anilines is 1. The Kier molecular flexibility index (Phi) is 6.59. The largest absolute Gasteiger partial charge is 0.465 e. The normalized spacial score (nSPS) is 12.0. The van der Waals surface area contributed by atoms with Gasteiger partial charge in [0.1, 0.15) is 5.00 Å². The van der Waals surface area contributed by atoms with E-state index in [-0.39, 0.29) is 16.9 Å². The molecule has 130 valence electrons. The van der Waals surface area contributed by atoms with Gasteiger partial charge in [-0.2, -0.15) is 0 Å². The molecule has 0 fully saturated rings. The van der Waals surface area contributed by atoms with Gasteiger partial charge in [-0.3, -0.25) is 0 Å². The maximum Gasteiger partial charge on any atom is 0.340 e. The second kappa shape index (κ2) is 7.62. The lowest BCUT2D eigenvalue weighted by molar-refractivity contribution is 0.0602. The molecule has 1 aromatic heterocycles. The number of aryl methyl sites for hydroxylation is 1. The van der Waals surface area contributed by atoms with Gasteiger partial charge in [0, 0.05) is 10.4 Å². The first-order valence-electron chi connectivity index (χ1n) is 7.77. The highest BCUT2D eigenvalue weighted by atomic mass is 32.1. The minimum absolute atomic E-state index is 0.140. The average molecular weight is 357 g/mol. The highest BCUT2D eigenvalue weighted by molar-refractivity contribution is 7.80. The highest BCUT2D eigenvalue weighted by Crippen LogP contribution is 2.30. The number of thiophene rings is 1. The molecule has 0 saturated carbocycles. The number of thiocarbonyl (C=S) groups is 1. The molecule has 0 aliphatic rings. The summed E-state index contributed by atoms with van der Waals surface area (Å²) in [4.78, 5) is 13.0. The van der Waals surface area contributed by atoms with Crippen LogP contribution in [0.1, 0.15) is 63.2 Å². The molecule has 4 nitrogen and oxygen atoms in total. The second-order valence-corrected chi connectivity index (χ2v) is 9.05. The average Bonchev–Trinajstić information content (AvgIpc) is 2.76. The third-order valence-electron chi connectivity index (χ3n) is 3.19. The number of carbonyl (C=O) groups is 1. The Hall–Kier alpha value is -1.14. The van der Waals surface area contributed by atoms with Gasteiger partial charge in [-0.1, -0.05) is 27.7 Å². The van der Waals surface area contributed by atoms with Gasteiger partial charge in [0.2, 0.25) is 0 Å². The molecule has 1 heterocycles. The molecule has 0 amide bonds. The summed E-state index contributed by atoms with van der Waals surface area (Å²) < 4.78 is 4.85.